The van der Waals surface area contributed by atoms with E-state index in [2.05, 4.69) is 25.4 Å². The molecule has 1 saturated heterocycles. The molecule has 7 nitrogen and oxygen atoms in total. The average Bonchev–Trinajstić information content (AvgIpc) is 3.39. The second-order valence-corrected chi connectivity index (χ2v) is 7.67. The van der Waals surface area contributed by atoms with Gasteiger partial charge in [0.25, 0.3) is 5.22 Å². The van der Waals surface area contributed by atoms with E-state index < -0.39 is 0 Å². The molecule has 0 spiro atoms. The number of rotatable bonds is 6. The summed E-state index contributed by atoms with van der Waals surface area (Å²) in [5.74, 6) is 0.372. The Kier molecular flexibility index (Phi) is 5.78. The van der Waals surface area contributed by atoms with Crippen LogP contribution in [-0.4, -0.2) is 39.9 Å². The molecule has 2 aromatic heterocycles. The summed E-state index contributed by atoms with van der Waals surface area (Å²) in [6, 6.07) is 9.21. The highest BCUT2D eigenvalue weighted by atomic mass is 35.5. The zero-order valence-corrected chi connectivity index (χ0v) is 16.5. The molecule has 28 heavy (non-hydrogen) atoms. The van der Waals surface area contributed by atoms with Gasteiger partial charge in [-0.3, -0.25) is 9.78 Å². The van der Waals surface area contributed by atoms with E-state index in [4.69, 9.17) is 16.0 Å². The molecule has 0 bridgehead atoms. The standard InChI is InChI=1S/C19H18ClN5O2S/c20-14-5-6-16(25-8-1-2-9-25)15(10-14)22-17(26)12-28-19-24-23-18(27-19)13-4-3-7-21-11-13/h3-7,10-11H,1-2,8-9,12H2,(H,22,26). The Morgan fingerprint density at radius 2 is 2.11 bits per heavy atom. The predicted molar refractivity (Wildman–Crippen MR) is 110 cm³/mol. The van der Waals surface area contributed by atoms with Gasteiger partial charge in [-0.1, -0.05) is 23.4 Å². The molecular weight excluding hydrogens is 398 g/mol. The lowest BCUT2D eigenvalue weighted by Gasteiger charge is -2.21. The second-order valence-electron chi connectivity index (χ2n) is 6.31. The third-order valence-electron chi connectivity index (χ3n) is 4.32. The van der Waals surface area contributed by atoms with Gasteiger partial charge in [0.2, 0.25) is 11.8 Å². The fourth-order valence-electron chi connectivity index (χ4n) is 3.03. The number of nitrogens with zero attached hydrogens (tertiary/aromatic N) is 4. The summed E-state index contributed by atoms with van der Waals surface area (Å²) >= 11 is 7.31. The summed E-state index contributed by atoms with van der Waals surface area (Å²) < 4.78 is 5.59. The van der Waals surface area contributed by atoms with E-state index in [9.17, 15) is 4.79 Å². The Hall–Kier alpha value is -2.58. The minimum absolute atomic E-state index is 0.153. The van der Waals surface area contributed by atoms with E-state index in [0.717, 1.165) is 42.9 Å². The predicted octanol–water partition coefficient (Wildman–Crippen LogP) is 4.12. The van der Waals surface area contributed by atoms with E-state index in [1.165, 1.54) is 11.8 Å². The van der Waals surface area contributed by atoms with Crippen LogP contribution < -0.4 is 10.2 Å². The van der Waals surface area contributed by atoms with E-state index in [0.29, 0.717) is 16.1 Å². The first-order valence-electron chi connectivity index (χ1n) is 8.90. The van der Waals surface area contributed by atoms with Gasteiger partial charge < -0.3 is 14.6 Å². The summed E-state index contributed by atoms with van der Waals surface area (Å²) in [5, 5.41) is 11.8. The smallest absolute Gasteiger partial charge is 0.277 e. The summed E-state index contributed by atoms with van der Waals surface area (Å²) in [7, 11) is 0. The Balaban J connectivity index is 1.39. The molecule has 1 fully saturated rings. The zero-order chi connectivity index (χ0) is 19.3. The van der Waals surface area contributed by atoms with Crippen LogP contribution in [0.15, 0.2) is 52.4 Å². The highest BCUT2D eigenvalue weighted by Gasteiger charge is 2.18. The number of hydrogen-bond donors (Lipinski definition) is 1. The van der Waals surface area contributed by atoms with Crippen LogP contribution in [0.1, 0.15) is 12.8 Å². The third-order valence-corrected chi connectivity index (χ3v) is 5.37. The van der Waals surface area contributed by atoms with Crippen LogP contribution in [0.5, 0.6) is 0 Å². The van der Waals surface area contributed by atoms with Gasteiger partial charge in [-0.2, -0.15) is 0 Å². The molecule has 1 aliphatic rings. The number of hydrogen-bond acceptors (Lipinski definition) is 7. The summed E-state index contributed by atoms with van der Waals surface area (Å²) in [6.45, 7) is 1.97. The van der Waals surface area contributed by atoms with Crippen molar-refractivity contribution in [2.75, 3.05) is 29.1 Å². The van der Waals surface area contributed by atoms with Crippen LogP contribution in [0.4, 0.5) is 11.4 Å². The lowest BCUT2D eigenvalue weighted by Crippen LogP contribution is -2.21. The quantitative estimate of drug-likeness (QED) is 0.606. The van der Waals surface area contributed by atoms with Crippen LogP contribution in [0, 0.1) is 0 Å². The normalized spacial score (nSPS) is 13.7. The number of benzene rings is 1. The first kappa shape index (κ1) is 18.8. The van der Waals surface area contributed by atoms with Gasteiger partial charge in [-0.15, -0.1) is 10.2 Å². The molecule has 0 radical (unpaired) electrons. The molecule has 1 amide bonds. The number of amides is 1. The first-order chi connectivity index (χ1) is 13.7. The molecule has 1 aliphatic heterocycles. The molecule has 1 aromatic carbocycles. The molecule has 0 atom stereocenters. The van der Waals surface area contributed by atoms with Gasteiger partial charge in [0.15, 0.2) is 0 Å². The lowest BCUT2D eigenvalue weighted by molar-refractivity contribution is -0.113. The van der Waals surface area contributed by atoms with Crippen molar-refractivity contribution in [3.8, 4) is 11.5 Å². The molecular formula is C19H18ClN5O2S. The lowest BCUT2D eigenvalue weighted by atomic mass is 10.2. The van der Waals surface area contributed by atoms with Crippen molar-refractivity contribution in [3.05, 3.63) is 47.7 Å². The maximum absolute atomic E-state index is 12.4. The third kappa shape index (κ3) is 4.45. The molecule has 4 rings (SSSR count). The maximum Gasteiger partial charge on any atom is 0.277 e. The van der Waals surface area contributed by atoms with Crippen molar-refractivity contribution in [2.45, 2.75) is 18.1 Å². The van der Waals surface area contributed by atoms with Crippen LogP contribution in [0.3, 0.4) is 0 Å². The van der Waals surface area contributed by atoms with Crippen molar-refractivity contribution >= 4 is 40.6 Å². The Labute approximate surface area is 171 Å². The van der Waals surface area contributed by atoms with Crippen LogP contribution in [-0.2, 0) is 4.79 Å². The Morgan fingerprint density at radius 3 is 2.89 bits per heavy atom. The van der Waals surface area contributed by atoms with E-state index >= 15 is 0 Å². The molecule has 3 heterocycles. The number of pyridine rings is 1. The van der Waals surface area contributed by atoms with Gasteiger partial charge in [-0.05, 0) is 43.2 Å². The number of thioether (sulfide) groups is 1. The fourth-order valence-corrected chi connectivity index (χ4v) is 3.77. The van der Waals surface area contributed by atoms with Crippen molar-refractivity contribution in [2.24, 2.45) is 0 Å². The first-order valence-corrected chi connectivity index (χ1v) is 10.3. The van der Waals surface area contributed by atoms with Crippen LogP contribution in [0.2, 0.25) is 5.02 Å². The minimum atomic E-state index is -0.158. The highest BCUT2D eigenvalue weighted by molar-refractivity contribution is 7.99. The molecule has 3 aromatic rings. The van der Waals surface area contributed by atoms with Crippen molar-refractivity contribution in [1.29, 1.82) is 0 Å². The van der Waals surface area contributed by atoms with Gasteiger partial charge in [0.1, 0.15) is 0 Å². The highest BCUT2D eigenvalue weighted by Crippen LogP contribution is 2.32. The van der Waals surface area contributed by atoms with Crippen molar-refractivity contribution in [1.82, 2.24) is 15.2 Å². The molecule has 0 unspecified atom stereocenters. The number of carbonyl (C=O) groups is 1. The summed E-state index contributed by atoms with van der Waals surface area (Å²) in [4.78, 5) is 18.7. The largest absolute Gasteiger partial charge is 0.411 e. The Bertz CT molecular complexity index is 960. The fraction of sp³-hybridized carbons (Fsp3) is 0.263. The molecule has 9 heteroatoms. The molecule has 144 valence electrons. The average molecular weight is 416 g/mol. The Morgan fingerprint density at radius 1 is 1.25 bits per heavy atom. The molecule has 0 saturated carbocycles. The van der Waals surface area contributed by atoms with Crippen LogP contribution >= 0.6 is 23.4 Å². The number of anilines is 2. The number of halogens is 1. The monoisotopic (exact) mass is 415 g/mol. The van der Waals surface area contributed by atoms with Gasteiger partial charge >= 0.3 is 0 Å². The maximum atomic E-state index is 12.4. The summed E-state index contributed by atoms with van der Waals surface area (Å²) in [5.41, 5.74) is 2.46. The van der Waals surface area contributed by atoms with Crippen LogP contribution in [0.25, 0.3) is 11.5 Å². The zero-order valence-electron chi connectivity index (χ0n) is 15.0. The molecule has 0 aliphatic carbocycles. The number of aromatic nitrogens is 3. The van der Waals surface area contributed by atoms with E-state index in [-0.39, 0.29) is 11.7 Å². The van der Waals surface area contributed by atoms with Gasteiger partial charge in [0, 0.05) is 30.5 Å². The van der Waals surface area contributed by atoms with E-state index in [1.54, 1.807) is 24.5 Å². The summed E-state index contributed by atoms with van der Waals surface area (Å²) in [6.07, 6.45) is 5.63. The van der Waals surface area contributed by atoms with Gasteiger partial charge in [-0.25, -0.2) is 0 Å². The van der Waals surface area contributed by atoms with Crippen molar-refractivity contribution < 1.29 is 9.21 Å². The number of nitrogens with one attached hydrogen (secondary N) is 1. The topological polar surface area (TPSA) is 84.1 Å². The minimum Gasteiger partial charge on any atom is -0.411 e. The second kappa shape index (κ2) is 8.62. The van der Waals surface area contributed by atoms with E-state index in [1.807, 2.05) is 18.2 Å². The van der Waals surface area contributed by atoms with Gasteiger partial charge in [0.05, 0.1) is 22.7 Å². The van der Waals surface area contributed by atoms with Crippen molar-refractivity contribution in [3.63, 3.8) is 0 Å². The molecule has 1 N–H and O–H groups in total. The number of carbonyl (C=O) groups excluding carboxylic acids is 1. The SMILES string of the molecule is O=C(CSc1nnc(-c2cccnc2)o1)Nc1cc(Cl)ccc1N1CCCC1.